The third-order valence-corrected chi connectivity index (χ3v) is 3.81. The molecule has 0 aromatic heterocycles. The maximum Gasteiger partial charge on any atom is 0.0580 e. The van der Waals surface area contributed by atoms with Crippen molar-refractivity contribution in [2.45, 2.75) is 71.9 Å². The molecule has 0 radical (unpaired) electrons. The van der Waals surface area contributed by atoms with Crippen molar-refractivity contribution >= 4 is 0 Å². The van der Waals surface area contributed by atoms with Gasteiger partial charge in [0.15, 0.2) is 0 Å². The Kier molecular flexibility index (Phi) is 6.50. The lowest BCUT2D eigenvalue weighted by Crippen LogP contribution is -2.36. The van der Waals surface area contributed by atoms with Crippen LogP contribution in [-0.4, -0.2) is 18.8 Å². The van der Waals surface area contributed by atoms with Gasteiger partial charge in [-0.25, -0.2) is 0 Å². The van der Waals surface area contributed by atoms with Gasteiger partial charge in [0.2, 0.25) is 0 Å². The fraction of sp³-hybridized carbons (Fsp3) is 1.00. The smallest absolute Gasteiger partial charge is 0.0580 e. The molecule has 102 valence electrons. The highest BCUT2D eigenvalue weighted by atomic mass is 16.5. The van der Waals surface area contributed by atoms with Crippen molar-refractivity contribution in [3.05, 3.63) is 0 Å². The second-order valence-electron chi connectivity index (χ2n) is 6.38. The number of ether oxygens (including phenoxy) is 1. The number of nitrogens with two attached hydrogens (primary N) is 1. The monoisotopic (exact) mass is 241 g/mol. The van der Waals surface area contributed by atoms with Crippen molar-refractivity contribution in [3.63, 3.8) is 0 Å². The third kappa shape index (κ3) is 5.87. The molecule has 0 saturated heterocycles. The highest BCUT2D eigenvalue weighted by molar-refractivity contribution is 4.83. The van der Waals surface area contributed by atoms with Crippen molar-refractivity contribution in [1.29, 1.82) is 0 Å². The van der Waals surface area contributed by atoms with Crippen molar-refractivity contribution in [1.82, 2.24) is 0 Å². The molecular weight excluding hydrogens is 210 g/mol. The first-order valence-electron chi connectivity index (χ1n) is 7.38. The summed E-state index contributed by atoms with van der Waals surface area (Å²) in [7, 11) is 0. The molecule has 1 aliphatic rings. The van der Waals surface area contributed by atoms with Gasteiger partial charge < -0.3 is 10.5 Å². The minimum Gasteiger partial charge on any atom is -0.378 e. The highest BCUT2D eigenvalue weighted by Gasteiger charge is 2.30. The number of hydrogen-bond acceptors (Lipinski definition) is 2. The summed E-state index contributed by atoms with van der Waals surface area (Å²) >= 11 is 0. The molecule has 0 aromatic rings. The lowest BCUT2D eigenvalue weighted by Gasteiger charge is -2.36. The number of hydrogen-bond donors (Lipinski definition) is 1. The molecule has 0 heterocycles. The van der Waals surface area contributed by atoms with Crippen molar-refractivity contribution < 1.29 is 4.74 Å². The van der Waals surface area contributed by atoms with Gasteiger partial charge in [0.1, 0.15) is 0 Å². The molecular formula is C15H31NO. The summed E-state index contributed by atoms with van der Waals surface area (Å²) in [4.78, 5) is 0. The summed E-state index contributed by atoms with van der Waals surface area (Å²) in [6.45, 7) is 9.85. The quantitative estimate of drug-likeness (QED) is 0.705. The summed E-state index contributed by atoms with van der Waals surface area (Å²) in [5, 5.41) is 0. The van der Waals surface area contributed by atoms with Gasteiger partial charge in [0, 0.05) is 12.6 Å². The third-order valence-electron chi connectivity index (χ3n) is 3.81. The van der Waals surface area contributed by atoms with Gasteiger partial charge in [-0.3, -0.25) is 0 Å². The second-order valence-corrected chi connectivity index (χ2v) is 6.38. The Morgan fingerprint density at radius 3 is 2.35 bits per heavy atom. The Labute approximate surface area is 107 Å². The van der Waals surface area contributed by atoms with Gasteiger partial charge in [-0.2, -0.15) is 0 Å². The lowest BCUT2D eigenvalue weighted by molar-refractivity contribution is -0.0285. The van der Waals surface area contributed by atoms with E-state index in [1.54, 1.807) is 0 Å². The van der Waals surface area contributed by atoms with E-state index in [1.165, 1.54) is 32.1 Å². The van der Waals surface area contributed by atoms with Crippen molar-refractivity contribution in [2.75, 3.05) is 6.61 Å². The van der Waals surface area contributed by atoms with Crippen LogP contribution in [0.15, 0.2) is 0 Å². The molecule has 2 N–H and O–H groups in total. The predicted octanol–water partition coefficient (Wildman–Crippen LogP) is 3.59. The highest BCUT2D eigenvalue weighted by Crippen LogP contribution is 2.34. The molecule has 0 bridgehead atoms. The second kappa shape index (κ2) is 7.38. The van der Waals surface area contributed by atoms with E-state index in [9.17, 15) is 0 Å². The van der Waals surface area contributed by atoms with E-state index in [-0.39, 0.29) is 0 Å². The zero-order valence-electron chi connectivity index (χ0n) is 12.1. The maximum atomic E-state index is 6.24. The molecule has 0 amide bonds. The van der Waals surface area contributed by atoms with Gasteiger partial charge in [0.25, 0.3) is 0 Å². The molecule has 17 heavy (non-hydrogen) atoms. The van der Waals surface area contributed by atoms with E-state index in [0.717, 1.165) is 24.4 Å². The minimum atomic E-state index is 0.399. The van der Waals surface area contributed by atoms with E-state index < -0.39 is 0 Å². The SMILES string of the molecule is CCOC1CC(CC(N)CC(C)CC(C)C)C1. The Bertz CT molecular complexity index is 199. The molecule has 1 saturated carbocycles. The Balaban J connectivity index is 2.08. The topological polar surface area (TPSA) is 35.2 Å². The van der Waals surface area contributed by atoms with Gasteiger partial charge in [-0.15, -0.1) is 0 Å². The normalized spacial score (nSPS) is 27.9. The van der Waals surface area contributed by atoms with Crippen LogP contribution in [0.3, 0.4) is 0 Å². The van der Waals surface area contributed by atoms with E-state index in [1.807, 2.05) is 0 Å². The Morgan fingerprint density at radius 1 is 1.18 bits per heavy atom. The molecule has 2 atom stereocenters. The van der Waals surface area contributed by atoms with Crippen LogP contribution in [0.5, 0.6) is 0 Å². The molecule has 2 heteroatoms. The van der Waals surface area contributed by atoms with Crippen LogP contribution in [0, 0.1) is 17.8 Å². The molecule has 0 aliphatic heterocycles. The van der Waals surface area contributed by atoms with Crippen molar-refractivity contribution in [3.8, 4) is 0 Å². The minimum absolute atomic E-state index is 0.399. The van der Waals surface area contributed by atoms with Crippen LogP contribution < -0.4 is 5.73 Å². The van der Waals surface area contributed by atoms with Crippen LogP contribution in [0.1, 0.15) is 59.8 Å². The molecule has 1 fully saturated rings. The maximum absolute atomic E-state index is 6.24. The fourth-order valence-electron chi connectivity index (χ4n) is 3.18. The molecule has 1 aliphatic carbocycles. The van der Waals surface area contributed by atoms with Crippen LogP contribution >= 0.6 is 0 Å². The van der Waals surface area contributed by atoms with Gasteiger partial charge in [0.05, 0.1) is 6.10 Å². The zero-order valence-corrected chi connectivity index (χ0v) is 12.1. The summed E-state index contributed by atoms with van der Waals surface area (Å²) < 4.78 is 5.58. The average Bonchev–Trinajstić information content (AvgIpc) is 2.12. The van der Waals surface area contributed by atoms with E-state index in [4.69, 9.17) is 10.5 Å². The van der Waals surface area contributed by atoms with Crippen LogP contribution in [0.4, 0.5) is 0 Å². The molecule has 0 aromatic carbocycles. The summed E-state index contributed by atoms with van der Waals surface area (Å²) in [6, 6.07) is 0.399. The van der Waals surface area contributed by atoms with Crippen LogP contribution in [0.2, 0.25) is 0 Å². The molecule has 1 rings (SSSR count). The predicted molar refractivity (Wildman–Crippen MR) is 74.0 cm³/mol. The lowest BCUT2D eigenvalue weighted by atomic mass is 9.77. The Morgan fingerprint density at radius 2 is 1.82 bits per heavy atom. The summed E-state index contributed by atoms with van der Waals surface area (Å²) in [5.74, 6) is 2.39. The zero-order chi connectivity index (χ0) is 12.8. The molecule has 0 spiro atoms. The first-order chi connectivity index (χ1) is 8.01. The van der Waals surface area contributed by atoms with Gasteiger partial charge in [-0.1, -0.05) is 20.8 Å². The largest absolute Gasteiger partial charge is 0.378 e. The van der Waals surface area contributed by atoms with Crippen LogP contribution in [-0.2, 0) is 4.74 Å². The molecule has 2 unspecified atom stereocenters. The van der Waals surface area contributed by atoms with E-state index in [2.05, 4.69) is 27.7 Å². The molecule has 2 nitrogen and oxygen atoms in total. The first-order valence-corrected chi connectivity index (χ1v) is 7.38. The van der Waals surface area contributed by atoms with Crippen LogP contribution in [0.25, 0.3) is 0 Å². The van der Waals surface area contributed by atoms with E-state index >= 15 is 0 Å². The van der Waals surface area contributed by atoms with E-state index in [0.29, 0.717) is 12.1 Å². The van der Waals surface area contributed by atoms with Gasteiger partial charge >= 0.3 is 0 Å². The number of rotatable bonds is 8. The Hall–Kier alpha value is -0.0800. The standard InChI is InChI=1S/C15H31NO/c1-5-17-15-9-13(10-15)8-14(16)7-12(4)6-11(2)3/h11-15H,5-10,16H2,1-4H3. The summed E-state index contributed by atoms with van der Waals surface area (Å²) in [5.41, 5.74) is 6.24. The summed E-state index contributed by atoms with van der Waals surface area (Å²) in [6.07, 6.45) is 6.70. The fourth-order valence-corrected chi connectivity index (χ4v) is 3.18. The van der Waals surface area contributed by atoms with Crippen molar-refractivity contribution in [2.24, 2.45) is 23.5 Å². The van der Waals surface area contributed by atoms with Gasteiger partial charge in [-0.05, 0) is 56.8 Å². The average molecular weight is 241 g/mol. The first kappa shape index (κ1) is 15.0.